The Bertz CT molecular complexity index is 899. The average molecular weight is 311 g/mol. The third-order valence-electron chi connectivity index (χ3n) is 3.13. The minimum atomic E-state index is -0.490. The predicted octanol–water partition coefficient (Wildman–Crippen LogP) is 2.41. The molecule has 0 unspecified atom stereocenters. The van der Waals surface area contributed by atoms with E-state index in [0.29, 0.717) is 22.2 Å². The largest absolute Gasteiger partial charge is 0.425 e. The second kappa shape index (κ2) is 6.41. The summed E-state index contributed by atoms with van der Waals surface area (Å²) in [7, 11) is 1.41. The number of para-hydroxylation sites is 1. The number of carbonyl (C=O) groups excluding carboxylic acids is 1. The molecule has 0 aliphatic carbocycles. The number of ether oxygens (including phenoxy) is 2. The van der Waals surface area contributed by atoms with Gasteiger partial charge in [0.1, 0.15) is 12.4 Å². The molecule has 0 saturated heterocycles. The van der Waals surface area contributed by atoms with Crippen LogP contribution in [-0.2, 0) is 9.53 Å². The summed E-state index contributed by atoms with van der Waals surface area (Å²) < 4.78 is 15.0. The Balaban J connectivity index is 1.90. The van der Waals surface area contributed by atoms with Crippen LogP contribution in [0, 0.1) is 0 Å². The van der Waals surface area contributed by atoms with Gasteiger partial charge in [0, 0.05) is 12.7 Å². The van der Waals surface area contributed by atoms with Crippen LogP contribution in [-0.4, -0.2) is 24.7 Å². The number of rotatable bonds is 4. The number of methoxy groups -OCH3 is 1. The second-order valence-electron chi connectivity index (χ2n) is 4.76. The van der Waals surface area contributed by atoms with E-state index in [1.807, 2.05) is 0 Å². The molecule has 2 aromatic carbocycles. The molecular formula is C17H13NO5. The van der Waals surface area contributed by atoms with Gasteiger partial charge in [0.25, 0.3) is 0 Å². The summed E-state index contributed by atoms with van der Waals surface area (Å²) in [5, 5.41) is 0.432. The highest BCUT2D eigenvalue weighted by atomic mass is 16.6. The fraction of sp³-hybridized carbons (Fsp3) is 0.118. The van der Waals surface area contributed by atoms with Gasteiger partial charge in [-0.1, -0.05) is 12.1 Å². The minimum absolute atomic E-state index is 0.122. The first-order valence-electron chi connectivity index (χ1n) is 6.87. The van der Waals surface area contributed by atoms with E-state index in [9.17, 15) is 9.59 Å². The van der Waals surface area contributed by atoms with Crippen LogP contribution in [0.25, 0.3) is 22.4 Å². The molecule has 0 atom stereocenters. The van der Waals surface area contributed by atoms with Crippen LogP contribution >= 0.6 is 0 Å². The molecule has 0 aliphatic rings. The zero-order chi connectivity index (χ0) is 16.2. The Morgan fingerprint density at radius 1 is 1.13 bits per heavy atom. The van der Waals surface area contributed by atoms with Gasteiger partial charge in [-0.3, -0.25) is 0 Å². The number of benzene rings is 2. The molecule has 6 nitrogen and oxygen atoms in total. The van der Waals surface area contributed by atoms with Crippen molar-refractivity contribution in [1.29, 1.82) is 0 Å². The van der Waals surface area contributed by atoms with Gasteiger partial charge in [-0.2, -0.15) is 0 Å². The predicted molar refractivity (Wildman–Crippen MR) is 83.2 cm³/mol. The topological polar surface area (TPSA) is 78.6 Å². The molecule has 23 heavy (non-hydrogen) atoms. The Labute approximate surface area is 131 Å². The van der Waals surface area contributed by atoms with Crippen molar-refractivity contribution in [3.8, 4) is 17.2 Å². The zero-order valence-electron chi connectivity index (χ0n) is 12.3. The highest BCUT2D eigenvalue weighted by Crippen LogP contribution is 2.21. The smallest absolute Gasteiger partial charge is 0.347 e. The number of nitrogens with zero attached hydrogens (tertiary/aromatic N) is 1. The van der Waals surface area contributed by atoms with Crippen LogP contribution in [0.2, 0.25) is 0 Å². The van der Waals surface area contributed by atoms with Gasteiger partial charge < -0.3 is 13.9 Å². The lowest BCUT2D eigenvalue weighted by molar-refractivity contribution is -0.138. The summed E-state index contributed by atoms with van der Waals surface area (Å²) in [5.41, 5.74) is 0.731. The van der Waals surface area contributed by atoms with E-state index in [1.165, 1.54) is 7.11 Å². The molecule has 0 radical (unpaired) electrons. The molecule has 0 spiro atoms. The number of aromatic nitrogens is 1. The van der Waals surface area contributed by atoms with Crippen molar-refractivity contribution in [2.24, 2.45) is 0 Å². The molecule has 1 aromatic heterocycles. The highest BCUT2D eigenvalue weighted by Gasteiger charge is 2.09. The third kappa shape index (κ3) is 3.27. The van der Waals surface area contributed by atoms with E-state index in [2.05, 4.69) is 9.72 Å². The molecule has 1 heterocycles. The van der Waals surface area contributed by atoms with E-state index in [-0.39, 0.29) is 12.5 Å². The maximum atomic E-state index is 12.0. The lowest BCUT2D eigenvalue weighted by atomic mass is 10.2. The molecule has 116 valence electrons. The molecule has 0 fully saturated rings. The first-order chi connectivity index (χ1) is 11.2. The Kier molecular flexibility index (Phi) is 4.16. The fourth-order valence-electron chi connectivity index (χ4n) is 2.09. The van der Waals surface area contributed by atoms with Crippen molar-refractivity contribution < 1.29 is 18.7 Å². The monoisotopic (exact) mass is 311 g/mol. The summed E-state index contributed by atoms with van der Waals surface area (Å²) in [6.45, 7) is -0.122. The van der Waals surface area contributed by atoms with Crippen molar-refractivity contribution in [2.45, 2.75) is 0 Å². The maximum absolute atomic E-state index is 12.0. The Morgan fingerprint density at radius 3 is 2.61 bits per heavy atom. The van der Waals surface area contributed by atoms with Crippen LogP contribution in [0.15, 0.2) is 57.7 Å². The first-order valence-corrected chi connectivity index (χ1v) is 6.87. The number of esters is 1. The van der Waals surface area contributed by atoms with Crippen molar-refractivity contribution >= 4 is 16.9 Å². The summed E-state index contributed by atoms with van der Waals surface area (Å²) in [6.07, 6.45) is 0. The van der Waals surface area contributed by atoms with E-state index in [4.69, 9.17) is 9.15 Å². The summed E-state index contributed by atoms with van der Waals surface area (Å²) in [6, 6.07) is 13.5. The number of carbonyl (C=O) groups is 1. The van der Waals surface area contributed by atoms with Gasteiger partial charge in [-0.25, -0.2) is 14.6 Å². The Hall–Kier alpha value is -2.99. The minimum Gasteiger partial charge on any atom is -0.425 e. The second-order valence-corrected chi connectivity index (χ2v) is 4.76. The number of hydrogen-bond donors (Lipinski definition) is 0. The maximum Gasteiger partial charge on any atom is 0.347 e. The van der Waals surface area contributed by atoms with Crippen LogP contribution in [0.3, 0.4) is 0 Å². The number of hydrogen-bond acceptors (Lipinski definition) is 6. The van der Waals surface area contributed by atoms with Gasteiger partial charge in [0.2, 0.25) is 5.89 Å². The molecule has 0 aliphatic heterocycles. The average Bonchev–Trinajstić information content (AvgIpc) is 2.56. The molecule has 3 aromatic rings. The van der Waals surface area contributed by atoms with Crippen LogP contribution < -0.4 is 10.4 Å². The van der Waals surface area contributed by atoms with Crippen molar-refractivity contribution in [3.05, 3.63) is 59.0 Å². The molecule has 6 heteroatoms. The molecule has 0 saturated carbocycles. The van der Waals surface area contributed by atoms with E-state index in [1.54, 1.807) is 48.5 Å². The van der Waals surface area contributed by atoms with Crippen molar-refractivity contribution in [3.63, 3.8) is 0 Å². The van der Waals surface area contributed by atoms with Crippen molar-refractivity contribution in [1.82, 2.24) is 4.98 Å². The van der Waals surface area contributed by atoms with Gasteiger partial charge in [-0.05, 0) is 36.4 Å². The molecule has 0 bridgehead atoms. The quantitative estimate of drug-likeness (QED) is 0.544. The van der Waals surface area contributed by atoms with Crippen molar-refractivity contribution in [2.75, 3.05) is 13.7 Å². The lowest BCUT2D eigenvalue weighted by Crippen LogP contribution is -2.14. The zero-order valence-corrected chi connectivity index (χ0v) is 12.3. The van der Waals surface area contributed by atoms with Crippen LogP contribution in [0.4, 0.5) is 0 Å². The lowest BCUT2D eigenvalue weighted by Gasteiger charge is -2.05. The van der Waals surface area contributed by atoms with Crippen LogP contribution in [0.1, 0.15) is 0 Å². The third-order valence-corrected chi connectivity index (χ3v) is 3.13. The summed E-state index contributed by atoms with van der Waals surface area (Å²) in [4.78, 5) is 27.6. The standard InChI is InChI=1S/C17H13NO5/c1-21-10-15(19)22-12-8-6-11(7-9-12)16-18-14-5-3-2-4-13(14)17(20)23-16/h2-9H,10H2,1H3. The van der Waals surface area contributed by atoms with Gasteiger partial charge in [0.15, 0.2) is 0 Å². The van der Waals surface area contributed by atoms with Gasteiger partial charge in [0.05, 0.1) is 10.9 Å². The molecule has 0 amide bonds. The van der Waals surface area contributed by atoms with E-state index < -0.39 is 11.6 Å². The summed E-state index contributed by atoms with van der Waals surface area (Å²) >= 11 is 0. The van der Waals surface area contributed by atoms with E-state index >= 15 is 0 Å². The molecule has 0 N–H and O–H groups in total. The SMILES string of the molecule is COCC(=O)Oc1ccc(-c2nc3ccccc3c(=O)o2)cc1. The Morgan fingerprint density at radius 2 is 1.87 bits per heavy atom. The summed E-state index contributed by atoms with van der Waals surface area (Å²) in [5.74, 6) is 0.0954. The van der Waals surface area contributed by atoms with Gasteiger partial charge >= 0.3 is 11.6 Å². The number of fused-ring (bicyclic) bond motifs is 1. The van der Waals surface area contributed by atoms with Crippen LogP contribution in [0.5, 0.6) is 5.75 Å². The fourth-order valence-corrected chi connectivity index (χ4v) is 2.09. The highest BCUT2D eigenvalue weighted by molar-refractivity contribution is 5.78. The van der Waals surface area contributed by atoms with E-state index in [0.717, 1.165) is 0 Å². The van der Waals surface area contributed by atoms with Gasteiger partial charge in [-0.15, -0.1) is 0 Å². The molecule has 3 rings (SSSR count). The molecular weight excluding hydrogens is 298 g/mol. The first kappa shape index (κ1) is 14.9. The normalized spacial score (nSPS) is 10.7.